The van der Waals surface area contributed by atoms with Crippen LogP contribution in [0.2, 0.25) is 0 Å². The number of amides is 1. The molecule has 2 aromatic heterocycles. The van der Waals surface area contributed by atoms with Crippen LogP contribution in [0.25, 0.3) is 0 Å². The lowest BCUT2D eigenvalue weighted by Gasteiger charge is -2.13. The monoisotopic (exact) mass is 379 g/mol. The predicted molar refractivity (Wildman–Crippen MR) is 105 cm³/mol. The van der Waals surface area contributed by atoms with Crippen molar-refractivity contribution in [3.8, 4) is 11.5 Å². The minimum absolute atomic E-state index is 0.269. The third-order valence-electron chi connectivity index (χ3n) is 3.94. The summed E-state index contributed by atoms with van der Waals surface area (Å²) in [5.74, 6) is 1.96. The third kappa shape index (κ3) is 4.73. The number of hydrogen-bond acceptors (Lipinski definition) is 7. The van der Waals surface area contributed by atoms with Crippen LogP contribution >= 0.6 is 0 Å². The Kier molecular flexibility index (Phi) is 6.01. The lowest BCUT2D eigenvalue weighted by atomic mass is 10.2. The molecule has 3 rings (SSSR count). The summed E-state index contributed by atoms with van der Waals surface area (Å²) in [6.45, 7) is 2.12. The second-order valence-corrected chi connectivity index (χ2v) is 5.91. The molecule has 144 valence electrons. The first kappa shape index (κ1) is 19.1. The molecule has 0 bridgehead atoms. The van der Waals surface area contributed by atoms with E-state index in [2.05, 4.69) is 25.6 Å². The van der Waals surface area contributed by atoms with E-state index in [0.29, 0.717) is 35.4 Å². The van der Waals surface area contributed by atoms with Gasteiger partial charge in [-0.1, -0.05) is 0 Å². The maximum Gasteiger partial charge on any atom is 0.270 e. The van der Waals surface area contributed by atoms with Gasteiger partial charge in [-0.3, -0.25) is 9.78 Å². The Hall–Kier alpha value is -3.68. The quantitative estimate of drug-likeness (QED) is 0.651. The number of aromatic nitrogens is 3. The Morgan fingerprint density at radius 3 is 2.54 bits per heavy atom. The number of benzene rings is 1. The number of anilines is 2. The van der Waals surface area contributed by atoms with Crippen LogP contribution in [0.3, 0.4) is 0 Å². The Bertz CT molecular complexity index is 963. The van der Waals surface area contributed by atoms with Gasteiger partial charge in [-0.25, -0.2) is 9.97 Å². The van der Waals surface area contributed by atoms with Crippen LogP contribution in [-0.4, -0.2) is 35.1 Å². The van der Waals surface area contributed by atoms with E-state index in [1.807, 2.05) is 12.1 Å². The molecule has 0 saturated carbocycles. The van der Waals surface area contributed by atoms with E-state index in [9.17, 15) is 4.79 Å². The molecule has 0 spiro atoms. The minimum atomic E-state index is -0.289. The summed E-state index contributed by atoms with van der Waals surface area (Å²) in [4.78, 5) is 25.1. The van der Waals surface area contributed by atoms with Crippen molar-refractivity contribution < 1.29 is 14.3 Å². The van der Waals surface area contributed by atoms with Gasteiger partial charge in [0.15, 0.2) is 0 Å². The number of methoxy groups -OCH3 is 2. The molecule has 0 aliphatic heterocycles. The zero-order chi connectivity index (χ0) is 19.9. The molecule has 0 unspecified atom stereocenters. The zero-order valence-corrected chi connectivity index (χ0v) is 15.9. The first-order valence-electron chi connectivity index (χ1n) is 8.61. The summed E-state index contributed by atoms with van der Waals surface area (Å²) in [5.41, 5.74) is 1.89. The van der Waals surface area contributed by atoms with Crippen LogP contribution in [0.1, 0.15) is 21.9 Å². The lowest BCUT2D eigenvalue weighted by molar-refractivity contribution is 0.0945. The van der Waals surface area contributed by atoms with Crippen LogP contribution in [0.15, 0.2) is 48.8 Å². The van der Waals surface area contributed by atoms with Crippen molar-refractivity contribution in [1.29, 1.82) is 0 Å². The fourth-order valence-electron chi connectivity index (χ4n) is 2.57. The molecule has 0 saturated heterocycles. The predicted octanol–water partition coefficient (Wildman–Crippen LogP) is 2.87. The van der Waals surface area contributed by atoms with Crippen molar-refractivity contribution in [2.24, 2.45) is 0 Å². The van der Waals surface area contributed by atoms with E-state index >= 15 is 0 Å². The number of pyridine rings is 1. The van der Waals surface area contributed by atoms with Gasteiger partial charge in [-0.15, -0.1) is 0 Å². The van der Waals surface area contributed by atoms with E-state index in [4.69, 9.17) is 9.47 Å². The van der Waals surface area contributed by atoms with E-state index in [0.717, 1.165) is 5.56 Å². The summed E-state index contributed by atoms with van der Waals surface area (Å²) < 4.78 is 10.6. The van der Waals surface area contributed by atoms with Crippen LogP contribution in [0.5, 0.6) is 11.5 Å². The molecular weight excluding hydrogens is 358 g/mol. The second-order valence-electron chi connectivity index (χ2n) is 5.91. The van der Waals surface area contributed by atoms with Gasteiger partial charge in [0.05, 0.1) is 19.9 Å². The third-order valence-corrected chi connectivity index (χ3v) is 3.94. The molecule has 8 heteroatoms. The summed E-state index contributed by atoms with van der Waals surface area (Å²) in [6, 6.07) is 10.7. The number of carbonyl (C=O) groups is 1. The van der Waals surface area contributed by atoms with Gasteiger partial charge in [-0.05, 0) is 36.8 Å². The topological polar surface area (TPSA) is 98.3 Å². The Morgan fingerprint density at radius 2 is 1.82 bits per heavy atom. The molecule has 3 aromatic rings. The SMILES string of the molecule is COc1ccc(OC)c(Nc2cc(C(=O)NCc3ccncc3)nc(C)n2)c1. The van der Waals surface area contributed by atoms with Gasteiger partial charge in [0.2, 0.25) is 0 Å². The minimum Gasteiger partial charge on any atom is -0.497 e. The Balaban J connectivity index is 1.79. The molecule has 0 radical (unpaired) electrons. The number of nitrogens with one attached hydrogen (secondary N) is 2. The molecule has 1 aromatic carbocycles. The number of carbonyl (C=O) groups excluding carboxylic acids is 1. The maximum absolute atomic E-state index is 12.5. The lowest BCUT2D eigenvalue weighted by Crippen LogP contribution is -2.24. The zero-order valence-electron chi connectivity index (χ0n) is 15.9. The summed E-state index contributed by atoms with van der Waals surface area (Å²) in [7, 11) is 3.17. The average molecular weight is 379 g/mol. The van der Waals surface area contributed by atoms with E-state index in [1.54, 1.807) is 57.8 Å². The van der Waals surface area contributed by atoms with E-state index in [1.165, 1.54) is 0 Å². The highest BCUT2D eigenvalue weighted by Gasteiger charge is 2.12. The standard InChI is InChI=1S/C20H21N5O3/c1-13-23-17(20(26)22-12-14-6-8-21-9-7-14)11-19(24-13)25-16-10-15(27-2)4-5-18(16)28-3/h4-11H,12H2,1-3H3,(H,22,26)(H,23,24,25). The largest absolute Gasteiger partial charge is 0.497 e. The van der Waals surface area contributed by atoms with Gasteiger partial charge < -0.3 is 20.1 Å². The summed E-state index contributed by atoms with van der Waals surface area (Å²) >= 11 is 0. The van der Waals surface area contributed by atoms with Gasteiger partial charge >= 0.3 is 0 Å². The molecular formula is C20H21N5O3. The summed E-state index contributed by atoms with van der Waals surface area (Å²) in [5, 5.41) is 6.01. The molecule has 0 fully saturated rings. The smallest absolute Gasteiger partial charge is 0.270 e. The fraction of sp³-hybridized carbons (Fsp3) is 0.200. The second kappa shape index (κ2) is 8.81. The molecule has 0 atom stereocenters. The molecule has 2 heterocycles. The van der Waals surface area contributed by atoms with Crippen molar-refractivity contribution in [3.05, 3.63) is 65.9 Å². The van der Waals surface area contributed by atoms with Crippen molar-refractivity contribution in [2.75, 3.05) is 19.5 Å². The van der Waals surface area contributed by atoms with E-state index in [-0.39, 0.29) is 11.6 Å². The molecule has 1 amide bonds. The van der Waals surface area contributed by atoms with Crippen molar-refractivity contribution >= 4 is 17.4 Å². The number of hydrogen-bond donors (Lipinski definition) is 2. The van der Waals surface area contributed by atoms with Gasteiger partial charge in [-0.2, -0.15) is 0 Å². The number of ether oxygens (including phenoxy) is 2. The molecule has 8 nitrogen and oxygen atoms in total. The highest BCUT2D eigenvalue weighted by Crippen LogP contribution is 2.31. The highest BCUT2D eigenvalue weighted by atomic mass is 16.5. The first-order chi connectivity index (χ1) is 13.6. The molecule has 0 aliphatic carbocycles. The fourth-order valence-corrected chi connectivity index (χ4v) is 2.57. The maximum atomic E-state index is 12.5. The van der Waals surface area contributed by atoms with Gasteiger partial charge in [0.1, 0.15) is 28.8 Å². The first-order valence-corrected chi connectivity index (χ1v) is 8.61. The van der Waals surface area contributed by atoms with Crippen molar-refractivity contribution in [1.82, 2.24) is 20.3 Å². The van der Waals surface area contributed by atoms with Crippen molar-refractivity contribution in [3.63, 3.8) is 0 Å². The highest BCUT2D eigenvalue weighted by molar-refractivity contribution is 5.93. The van der Waals surface area contributed by atoms with Crippen molar-refractivity contribution in [2.45, 2.75) is 13.5 Å². The molecule has 28 heavy (non-hydrogen) atoms. The Labute approximate surface area is 163 Å². The summed E-state index contributed by atoms with van der Waals surface area (Å²) in [6.07, 6.45) is 3.36. The van der Waals surface area contributed by atoms with Crippen LogP contribution in [0.4, 0.5) is 11.5 Å². The average Bonchev–Trinajstić information content (AvgIpc) is 2.72. The molecule has 0 aliphatic rings. The normalized spacial score (nSPS) is 10.2. The van der Waals surface area contributed by atoms with Gasteiger partial charge in [0.25, 0.3) is 5.91 Å². The van der Waals surface area contributed by atoms with Gasteiger partial charge in [0, 0.05) is 31.1 Å². The van der Waals surface area contributed by atoms with Crippen LogP contribution in [-0.2, 0) is 6.54 Å². The van der Waals surface area contributed by atoms with Crippen LogP contribution < -0.4 is 20.1 Å². The number of nitrogens with zero attached hydrogens (tertiary/aromatic N) is 3. The van der Waals surface area contributed by atoms with E-state index < -0.39 is 0 Å². The van der Waals surface area contributed by atoms with Crippen LogP contribution in [0, 0.1) is 6.92 Å². The molecule has 2 N–H and O–H groups in total. The Morgan fingerprint density at radius 1 is 1.04 bits per heavy atom. The number of rotatable bonds is 7. The number of aryl methyl sites for hydroxylation is 1.